The second-order valence-electron chi connectivity index (χ2n) is 7.10. The summed E-state index contributed by atoms with van der Waals surface area (Å²) in [5.41, 5.74) is -0.0251. The number of esters is 1. The highest BCUT2D eigenvalue weighted by molar-refractivity contribution is 6.29. The van der Waals surface area contributed by atoms with E-state index in [4.69, 9.17) is 21.2 Å². The van der Waals surface area contributed by atoms with E-state index in [-0.39, 0.29) is 23.9 Å². The van der Waals surface area contributed by atoms with Crippen molar-refractivity contribution in [3.63, 3.8) is 0 Å². The van der Waals surface area contributed by atoms with Gasteiger partial charge in [-0.3, -0.25) is 0 Å². The van der Waals surface area contributed by atoms with Crippen molar-refractivity contribution in [1.29, 1.82) is 0 Å². The van der Waals surface area contributed by atoms with E-state index in [1.54, 1.807) is 0 Å². The minimum absolute atomic E-state index is 0.0521. The third-order valence-electron chi connectivity index (χ3n) is 5.06. The van der Waals surface area contributed by atoms with Crippen molar-refractivity contribution >= 4 is 23.3 Å². The van der Waals surface area contributed by atoms with Crippen LogP contribution in [0.5, 0.6) is 0 Å². The van der Waals surface area contributed by atoms with Gasteiger partial charge in [0, 0.05) is 0 Å². The first-order valence-corrected chi connectivity index (χ1v) is 9.41. The van der Waals surface area contributed by atoms with Gasteiger partial charge >= 0.3 is 5.97 Å². The molecule has 1 saturated carbocycles. The van der Waals surface area contributed by atoms with E-state index in [1.807, 2.05) is 13.8 Å². The number of halogens is 1. The molecule has 0 aromatic rings. The lowest BCUT2D eigenvalue weighted by Gasteiger charge is -2.40. The SMILES string of the molecule is C=C(Cl)CO/N=C(/CCC)C1=C(O)C(CC)C2(CCC(C)C2)OC1=O. The van der Waals surface area contributed by atoms with Gasteiger partial charge in [0.25, 0.3) is 0 Å². The summed E-state index contributed by atoms with van der Waals surface area (Å²) in [6.07, 6.45) is 4.55. The molecule has 1 aliphatic heterocycles. The number of nitrogens with zero attached hydrogens (tertiary/aromatic N) is 1. The molecule has 0 saturated heterocycles. The molecule has 2 rings (SSSR count). The fourth-order valence-electron chi connectivity index (χ4n) is 3.99. The Morgan fingerprint density at radius 3 is 2.76 bits per heavy atom. The van der Waals surface area contributed by atoms with Crippen LogP contribution in [0.3, 0.4) is 0 Å². The number of carbonyl (C=O) groups excluding carboxylic acids is 1. The van der Waals surface area contributed by atoms with Gasteiger partial charge in [0.15, 0.2) is 6.61 Å². The molecule has 25 heavy (non-hydrogen) atoms. The van der Waals surface area contributed by atoms with Gasteiger partial charge in [-0.05, 0) is 38.0 Å². The maximum Gasteiger partial charge on any atom is 0.344 e. The minimum Gasteiger partial charge on any atom is -0.511 e. The molecular formula is C19H28ClNO4. The highest BCUT2D eigenvalue weighted by atomic mass is 35.5. The molecule has 0 aromatic carbocycles. The Balaban J connectivity index is 2.38. The molecule has 5 nitrogen and oxygen atoms in total. The fourth-order valence-corrected chi connectivity index (χ4v) is 4.04. The molecule has 1 aliphatic carbocycles. The number of rotatable bonds is 7. The van der Waals surface area contributed by atoms with E-state index < -0.39 is 11.6 Å². The Hall–Kier alpha value is -1.49. The lowest BCUT2D eigenvalue weighted by Crippen LogP contribution is -2.47. The molecule has 1 fully saturated rings. The van der Waals surface area contributed by atoms with Crippen LogP contribution in [-0.4, -0.2) is 29.0 Å². The maximum atomic E-state index is 12.7. The van der Waals surface area contributed by atoms with Gasteiger partial charge < -0.3 is 14.7 Å². The number of hydrogen-bond donors (Lipinski definition) is 1. The van der Waals surface area contributed by atoms with Crippen LogP contribution in [0, 0.1) is 11.8 Å². The number of hydrogen-bond acceptors (Lipinski definition) is 5. The average Bonchev–Trinajstić information content (AvgIpc) is 2.88. The smallest absolute Gasteiger partial charge is 0.344 e. The van der Waals surface area contributed by atoms with E-state index in [0.717, 1.165) is 25.7 Å². The number of carbonyl (C=O) groups is 1. The van der Waals surface area contributed by atoms with Crippen LogP contribution in [-0.2, 0) is 14.4 Å². The topological polar surface area (TPSA) is 68.1 Å². The van der Waals surface area contributed by atoms with Gasteiger partial charge in [0.1, 0.15) is 16.9 Å². The van der Waals surface area contributed by atoms with Crippen molar-refractivity contribution in [3.8, 4) is 0 Å². The van der Waals surface area contributed by atoms with Gasteiger partial charge in [-0.1, -0.05) is 50.5 Å². The van der Waals surface area contributed by atoms with Gasteiger partial charge in [0.2, 0.25) is 0 Å². The number of oxime groups is 1. The van der Waals surface area contributed by atoms with Crippen molar-refractivity contribution < 1.29 is 19.5 Å². The quantitative estimate of drug-likeness (QED) is 0.395. The van der Waals surface area contributed by atoms with Gasteiger partial charge in [-0.25, -0.2) is 4.79 Å². The number of ether oxygens (including phenoxy) is 1. The summed E-state index contributed by atoms with van der Waals surface area (Å²) < 4.78 is 5.91. The number of aliphatic hydroxyl groups excluding tert-OH is 1. The molecular weight excluding hydrogens is 342 g/mol. The predicted octanol–water partition coefficient (Wildman–Crippen LogP) is 4.87. The van der Waals surface area contributed by atoms with Crippen LogP contribution >= 0.6 is 11.6 Å². The van der Waals surface area contributed by atoms with Gasteiger partial charge in [0.05, 0.1) is 16.7 Å². The van der Waals surface area contributed by atoms with E-state index in [9.17, 15) is 9.90 Å². The lowest BCUT2D eigenvalue weighted by atomic mass is 9.77. The summed E-state index contributed by atoms with van der Waals surface area (Å²) in [6, 6.07) is 0. The fraction of sp³-hybridized carbons (Fsp3) is 0.684. The van der Waals surface area contributed by atoms with E-state index in [0.29, 0.717) is 29.5 Å². The largest absolute Gasteiger partial charge is 0.511 e. The normalized spacial score (nSPS) is 29.9. The third-order valence-corrected chi connectivity index (χ3v) is 5.16. The van der Waals surface area contributed by atoms with Crippen LogP contribution in [0.4, 0.5) is 0 Å². The molecule has 0 amide bonds. The standard InChI is InChI=1S/C19H28ClNO4/c1-5-7-15(21-24-11-13(4)20)16-17(22)14(6-2)19(25-18(16)23)9-8-12(3)10-19/h12,14,22H,4-11H2,1-3H3/b21-15-. The minimum atomic E-state index is -0.582. The molecule has 0 aromatic heterocycles. The van der Waals surface area contributed by atoms with Crippen LogP contribution in [0.15, 0.2) is 28.1 Å². The average molecular weight is 370 g/mol. The van der Waals surface area contributed by atoms with Crippen molar-refractivity contribution in [2.45, 2.75) is 64.9 Å². The number of aliphatic hydroxyl groups is 1. The van der Waals surface area contributed by atoms with Crippen molar-refractivity contribution in [1.82, 2.24) is 0 Å². The Labute approximate surface area is 154 Å². The predicted molar refractivity (Wildman–Crippen MR) is 98.6 cm³/mol. The van der Waals surface area contributed by atoms with E-state index in [2.05, 4.69) is 18.7 Å². The zero-order chi connectivity index (χ0) is 18.6. The molecule has 1 N–H and O–H groups in total. The van der Waals surface area contributed by atoms with Crippen molar-refractivity contribution in [3.05, 3.63) is 22.9 Å². The zero-order valence-electron chi connectivity index (χ0n) is 15.3. The van der Waals surface area contributed by atoms with Crippen LogP contribution in [0.1, 0.15) is 59.3 Å². The molecule has 3 unspecified atom stereocenters. The molecule has 0 bridgehead atoms. The van der Waals surface area contributed by atoms with Crippen LogP contribution < -0.4 is 0 Å². The summed E-state index contributed by atoms with van der Waals surface area (Å²) in [6.45, 7) is 9.72. The van der Waals surface area contributed by atoms with Gasteiger partial charge in [-0.2, -0.15) is 0 Å². The molecule has 2 aliphatic rings. The summed E-state index contributed by atoms with van der Waals surface area (Å²) in [5, 5.41) is 15.3. The Bertz CT molecular complexity index is 598. The summed E-state index contributed by atoms with van der Waals surface area (Å²) in [5.74, 6) is -0.126. The molecule has 3 atom stereocenters. The molecule has 6 heteroatoms. The van der Waals surface area contributed by atoms with Crippen molar-refractivity contribution in [2.24, 2.45) is 17.0 Å². The summed E-state index contributed by atoms with van der Waals surface area (Å²) in [4.78, 5) is 17.9. The summed E-state index contributed by atoms with van der Waals surface area (Å²) in [7, 11) is 0. The third kappa shape index (κ3) is 4.20. The Morgan fingerprint density at radius 1 is 1.52 bits per heavy atom. The first kappa shape index (κ1) is 19.8. The molecule has 1 spiro atoms. The zero-order valence-corrected chi connectivity index (χ0v) is 16.1. The van der Waals surface area contributed by atoms with Crippen LogP contribution in [0.2, 0.25) is 0 Å². The second kappa shape index (κ2) is 8.26. The first-order valence-electron chi connectivity index (χ1n) is 9.03. The second-order valence-corrected chi connectivity index (χ2v) is 7.64. The first-order chi connectivity index (χ1) is 11.8. The van der Waals surface area contributed by atoms with Gasteiger partial charge in [-0.15, -0.1) is 0 Å². The molecule has 0 radical (unpaired) electrons. The van der Waals surface area contributed by atoms with E-state index >= 15 is 0 Å². The molecule has 1 heterocycles. The van der Waals surface area contributed by atoms with Crippen LogP contribution in [0.25, 0.3) is 0 Å². The summed E-state index contributed by atoms with van der Waals surface area (Å²) >= 11 is 5.68. The van der Waals surface area contributed by atoms with Crippen molar-refractivity contribution in [2.75, 3.05) is 6.61 Å². The highest BCUT2D eigenvalue weighted by Gasteiger charge is 2.53. The molecule has 140 valence electrons. The Morgan fingerprint density at radius 2 is 2.24 bits per heavy atom. The lowest BCUT2D eigenvalue weighted by molar-refractivity contribution is -0.164. The Kier molecular flexibility index (Phi) is 6.55. The monoisotopic (exact) mass is 369 g/mol. The maximum absolute atomic E-state index is 12.7. The van der Waals surface area contributed by atoms with E-state index in [1.165, 1.54) is 0 Å². The highest BCUT2D eigenvalue weighted by Crippen LogP contribution is 2.49.